The molecule has 166 valence electrons. The molecule has 0 aliphatic carbocycles. The molecule has 0 saturated carbocycles. The third-order valence-corrected chi connectivity index (χ3v) is 5.93. The molecule has 4 nitrogen and oxygen atoms in total. The van der Waals surface area contributed by atoms with Gasteiger partial charge in [-0.15, -0.1) is 0 Å². The highest BCUT2D eigenvalue weighted by atomic mass is 16.2. The van der Waals surface area contributed by atoms with Crippen LogP contribution in [0.25, 0.3) is 11.0 Å². The van der Waals surface area contributed by atoms with Crippen molar-refractivity contribution in [3.8, 4) is 0 Å². The van der Waals surface area contributed by atoms with E-state index < -0.39 is 0 Å². The highest BCUT2D eigenvalue weighted by Gasteiger charge is 2.20. The largest absolute Gasteiger partial charge is 0.356 e. The summed E-state index contributed by atoms with van der Waals surface area (Å²) in [6.07, 6.45) is 4.10. The van der Waals surface area contributed by atoms with E-state index in [0.29, 0.717) is 0 Å². The number of hydrogen-bond acceptors (Lipinski definition) is 2. The molecular formula is C27H37N3O. The summed E-state index contributed by atoms with van der Waals surface area (Å²) in [5.74, 6) is 1.28. The van der Waals surface area contributed by atoms with Crippen molar-refractivity contribution >= 4 is 16.9 Å². The molecule has 0 aliphatic heterocycles. The fraction of sp³-hybridized carbons (Fsp3) is 0.481. The van der Waals surface area contributed by atoms with Gasteiger partial charge < -0.3 is 9.88 Å². The summed E-state index contributed by atoms with van der Waals surface area (Å²) < 4.78 is 2.39. The van der Waals surface area contributed by atoms with E-state index in [4.69, 9.17) is 4.98 Å². The Morgan fingerprint density at radius 1 is 1.00 bits per heavy atom. The topological polar surface area (TPSA) is 46.9 Å². The molecule has 3 aromatic rings. The first kappa shape index (κ1) is 23.1. The predicted octanol–water partition coefficient (Wildman–Crippen LogP) is 5.88. The van der Waals surface area contributed by atoms with Gasteiger partial charge in [0.1, 0.15) is 5.82 Å². The highest BCUT2D eigenvalue weighted by molar-refractivity contribution is 5.81. The van der Waals surface area contributed by atoms with Crippen LogP contribution in [-0.2, 0) is 17.8 Å². The van der Waals surface area contributed by atoms with Crippen LogP contribution < -0.4 is 5.32 Å². The minimum absolute atomic E-state index is 0.123. The average Bonchev–Trinajstić information content (AvgIpc) is 3.03. The number of rotatable bonds is 8. The number of benzene rings is 2. The fourth-order valence-electron chi connectivity index (χ4n) is 4.16. The fourth-order valence-corrected chi connectivity index (χ4v) is 4.16. The summed E-state index contributed by atoms with van der Waals surface area (Å²) in [5.41, 5.74) is 7.34. The Bertz CT molecular complexity index is 1030. The van der Waals surface area contributed by atoms with Gasteiger partial charge in [-0.2, -0.15) is 0 Å². The smallest absolute Gasteiger partial charge is 0.225 e. The predicted molar refractivity (Wildman–Crippen MR) is 130 cm³/mol. The lowest BCUT2D eigenvalue weighted by atomic mass is 9.96. The van der Waals surface area contributed by atoms with Gasteiger partial charge in [-0.1, -0.05) is 57.0 Å². The van der Waals surface area contributed by atoms with Crippen LogP contribution in [0.1, 0.15) is 68.1 Å². The van der Waals surface area contributed by atoms with Crippen molar-refractivity contribution in [1.82, 2.24) is 14.9 Å². The van der Waals surface area contributed by atoms with Gasteiger partial charge in [-0.25, -0.2) is 4.98 Å². The molecule has 1 amide bonds. The Morgan fingerprint density at radius 2 is 1.68 bits per heavy atom. The summed E-state index contributed by atoms with van der Waals surface area (Å²) in [4.78, 5) is 16.9. The molecule has 0 bridgehead atoms. The molecule has 1 aromatic heterocycles. The van der Waals surface area contributed by atoms with Crippen LogP contribution in [0.4, 0.5) is 0 Å². The van der Waals surface area contributed by atoms with Crippen LogP contribution >= 0.6 is 0 Å². The summed E-state index contributed by atoms with van der Waals surface area (Å²) in [7, 11) is 0. The van der Waals surface area contributed by atoms with Crippen LogP contribution in [0.5, 0.6) is 0 Å². The average molecular weight is 420 g/mol. The van der Waals surface area contributed by atoms with Crippen molar-refractivity contribution in [2.45, 2.75) is 73.8 Å². The van der Waals surface area contributed by atoms with Gasteiger partial charge in [0, 0.05) is 24.9 Å². The molecule has 0 atom stereocenters. The number of carbonyl (C=O) groups excluding carboxylic acids is 1. The summed E-state index contributed by atoms with van der Waals surface area (Å²) in [6.45, 7) is 14.0. The van der Waals surface area contributed by atoms with Crippen molar-refractivity contribution < 1.29 is 4.79 Å². The molecule has 1 heterocycles. The van der Waals surface area contributed by atoms with E-state index in [1.54, 1.807) is 0 Å². The van der Waals surface area contributed by atoms with Crippen molar-refractivity contribution in [3.05, 3.63) is 64.5 Å². The second-order valence-corrected chi connectivity index (χ2v) is 9.80. The summed E-state index contributed by atoms with van der Waals surface area (Å²) >= 11 is 0. The van der Waals surface area contributed by atoms with Gasteiger partial charge in [0.05, 0.1) is 11.0 Å². The van der Waals surface area contributed by atoms with E-state index in [1.165, 1.54) is 27.8 Å². The van der Waals surface area contributed by atoms with E-state index in [2.05, 4.69) is 67.1 Å². The number of aryl methyl sites for hydroxylation is 4. The Kier molecular flexibility index (Phi) is 7.19. The number of nitrogens with one attached hydrogen (secondary N) is 1. The standard InChI is InChI=1S/C27H37N3O/c1-19-16-20(2)22(21(3)17-19)18-30-24-13-10-9-12-23(24)29-25(30)14-8-7-11-15-28-26(31)27(4,5)6/h9-10,12-13,16-17H,7-8,11,14-15,18H2,1-6H3,(H,28,31). The second kappa shape index (κ2) is 9.67. The van der Waals surface area contributed by atoms with Crippen LogP contribution in [0.3, 0.4) is 0 Å². The molecule has 4 heteroatoms. The van der Waals surface area contributed by atoms with Gasteiger partial charge in [-0.05, 0) is 62.4 Å². The zero-order valence-electron chi connectivity index (χ0n) is 20.0. The van der Waals surface area contributed by atoms with Crippen LogP contribution in [0.15, 0.2) is 36.4 Å². The van der Waals surface area contributed by atoms with Gasteiger partial charge >= 0.3 is 0 Å². The highest BCUT2D eigenvalue weighted by Crippen LogP contribution is 2.23. The number of aromatic nitrogens is 2. The molecular weight excluding hydrogens is 382 g/mol. The van der Waals surface area contributed by atoms with Gasteiger partial charge in [0.2, 0.25) is 5.91 Å². The zero-order chi connectivity index (χ0) is 22.6. The summed E-state index contributed by atoms with van der Waals surface area (Å²) in [6, 6.07) is 13.0. The Balaban J connectivity index is 1.68. The SMILES string of the molecule is Cc1cc(C)c(Cn2c(CCCCCNC(=O)C(C)(C)C)nc3ccccc32)c(C)c1. The van der Waals surface area contributed by atoms with E-state index >= 15 is 0 Å². The maximum atomic E-state index is 12.0. The minimum atomic E-state index is -0.322. The Labute approximate surface area is 187 Å². The molecule has 31 heavy (non-hydrogen) atoms. The summed E-state index contributed by atoms with van der Waals surface area (Å²) in [5, 5.41) is 3.04. The molecule has 2 aromatic carbocycles. The minimum Gasteiger partial charge on any atom is -0.356 e. The lowest BCUT2D eigenvalue weighted by Crippen LogP contribution is -2.35. The molecule has 0 radical (unpaired) electrons. The first-order valence-electron chi connectivity index (χ1n) is 11.5. The number of hydrogen-bond donors (Lipinski definition) is 1. The monoisotopic (exact) mass is 419 g/mol. The zero-order valence-corrected chi connectivity index (χ0v) is 20.0. The maximum Gasteiger partial charge on any atom is 0.225 e. The molecule has 3 rings (SSSR count). The quantitative estimate of drug-likeness (QED) is 0.463. The third kappa shape index (κ3) is 5.75. The second-order valence-electron chi connectivity index (χ2n) is 9.80. The van der Waals surface area contributed by atoms with Crippen molar-refractivity contribution in [1.29, 1.82) is 0 Å². The molecule has 0 aliphatic rings. The normalized spacial score (nSPS) is 11.8. The number of fused-ring (bicyclic) bond motifs is 1. The molecule has 0 unspecified atom stereocenters. The molecule has 0 fully saturated rings. The molecule has 1 N–H and O–H groups in total. The van der Waals surface area contributed by atoms with E-state index in [9.17, 15) is 4.79 Å². The molecule has 0 spiro atoms. The van der Waals surface area contributed by atoms with Gasteiger partial charge in [0.15, 0.2) is 0 Å². The number of para-hydroxylation sites is 2. The van der Waals surface area contributed by atoms with Gasteiger partial charge in [-0.3, -0.25) is 4.79 Å². The van der Waals surface area contributed by atoms with E-state index in [-0.39, 0.29) is 11.3 Å². The van der Waals surface area contributed by atoms with Crippen molar-refractivity contribution in [2.24, 2.45) is 5.41 Å². The van der Waals surface area contributed by atoms with Crippen LogP contribution in [0, 0.1) is 26.2 Å². The van der Waals surface area contributed by atoms with Gasteiger partial charge in [0.25, 0.3) is 0 Å². The van der Waals surface area contributed by atoms with Crippen LogP contribution in [0.2, 0.25) is 0 Å². The number of unbranched alkanes of at least 4 members (excludes halogenated alkanes) is 2. The lowest BCUT2D eigenvalue weighted by molar-refractivity contribution is -0.128. The molecule has 0 saturated heterocycles. The number of imidazole rings is 1. The van der Waals surface area contributed by atoms with Crippen molar-refractivity contribution in [2.75, 3.05) is 6.54 Å². The Morgan fingerprint density at radius 3 is 2.35 bits per heavy atom. The Hall–Kier alpha value is -2.62. The van der Waals surface area contributed by atoms with E-state index in [1.807, 2.05) is 20.8 Å². The first-order valence-corrected chi connectivity index (χ1v) is 11.5. The first-order chi connectivity index (χ1) is 14.7. The van der Waals surface area contributed by atoms with Crippen LogP contribution in [-0.4, -0.2) is 22.0 Å². The van der Waals surface area contributed by atoms with E-state index in [0.717, 1.165) is 50.1 Å². The number of nitrogens with zero attached hydrogens (tertiary/aromatic N) is 2. The lowest BCUT2D eigenvalue weighted by Gasteiger charge is -2.17. The number of carbonyl (C=O) groups is 1. The number of amides is 1. The third-order valence-electron chi connectivity index (χ3n) is 5.93. The maximum absolute atomic E-state index is 12.0. The van der Waals surface area contributed by atoms with Crippen molar-refractivity contribution in [3.63, 3.8) is 0 Å².